The Morgan fingerprint density at radius 3 is 2.80 bits per heavy atom. The van der Waals surface area contributed by atoms with Crippen LogP contribution >= 0.6 is 11.6 Å². The lowest BCUT2D eigenvalue weighted by atomic mass is 9.92. The SMILES string of the molecule is CC1CCc2c(ccc(/C(C=N)=C/NC3CNC3)c2Oc2ccc(F)c(Cl)c2)N1C. The summed E-state index contributed by atoms with van der Waals surface area (Å²) < 4.78 is 19.9. The molecule has 0 bridgehead atoms. The third-order valence-electron chi connectivity index (χ3n) is 5.92. The van der Waals surface area contributed by atoms with Crippen molar-refractivity contribution in [3.8, 4) is 11.5 Å². The summed E-state index contributed by atoms with van der Waals surface area (Å²) >= 11 is 5.98. The van der Waals surface area contributed by atoms with Crippen molar-refractivity contribution < 1.29 is 9.13 Å². The molecular weight excluding hydrogens is 403 g/mol. The fraction of sp³-hybridized carbons (Fsp3) is 0.348. The number of hydrogen-bond acceptors (Lipinski definition) is 5. The Balaban J connectivity index is 1.78. The molecule has 0 amide bonds. The molecule has 3 N–H and O–H groups in total. The average molecular weight is 429 g/mol. The van der Waals surface area contributed by atoms with E-state index in [-0.39, 0.29) is 5.02 Å². The fourth-order valence-corrected chi connectivity index (χ4v) is 3.96. The molecule has 2 heterocycles. The molecule has 2 aromatic carbocycles. The quantitative estimate of drug-likeness (QED) is 0.589. The van der Waals surface area contributed by atoms with E-state index in [4.69, 9.17) is 21.7 Å². The average Bonchev–Trinajstić information content (AvgIpc) is 2.70. The van der Waals surface area contributed by atoms with Crippen molar-refractivity contribution in [2.24, 2.45) is 0 Å². The van der Waals surface area contributed by atoms with Crippen LogP contribution in [0.15, 0.2) is 36.5 Å². The Morgan fingerprint density at radius 1 is 1.33 bits per heavy atom. The van der Waals surface area contributed by atoms with E-state index in [9.17, 15) is 4.39 Å². The number of fused-ring (bicyclic) bond motifs is 1. The number of allylic oxidation sites excluding steroid dienone is 1. The van der Waals surface area contributed by atoms with Crippen LogP contribution in [0.25, 0.3) is 5.57 Å². The number of hydrogen-bond donors (Lipinski definition) is 3. The van der Waals surface area contributed by atoms with Crippen molar-refractivity contribution in [3.05, 3.63) is 58.5 Å². The Kier molecular flexibility index (Phi) is 5.97. The highest BCUT2D eigenvalue weighted by atomic mass is 35.5. The van der Waals surface area contributed by atoms with E-state index in [1.807, 2.05) is 12.3 Å². The minimum absolute atomic E-state index is 0.0200. The Labute approximate surface area is 181 Å². The van der Waals surface area contributed by atoms with Gasteiger partial charge in [0.25, 0.3) is 0 Å². The molecule has 0 spiro atoms. The molecule has 2 aliphatic rings. The van der Waals surface area contributed by atoms with Crippen LogP contribution in [0.4, 0.5) is 10.1 Å². The third-order valence-corrected chi connectivity index (χ3v) is 6.21. The Bertz CT molecular complexity index is 989. The normalized spacial score (nSPS) is 19.1. The first-order valence-corrected chi connectivity index (χ1v) is 10.5. The summed E-state index contributed by atoms with van der Waals surface area (Å²) in [6, 6.07) is 9.25. The lowest BCUT2D eigenvalue weighted by Crippen LogP contribution is -2.53. The van der Waals surface area contributed by atoms with Gasteiger partial charge in [-0.25, -0.2) is 4.39 Å². The second-order valence-corrected chi connectivity index (χ2v) is 8.29. The molecule has 1 unspecified atom stereocenters. The van der Waals surface area contributed by atoms with Gasteiger partial charge in [-0.05, 0) is 44.0 Å². The largest absolute Gasteiger partial charge is 0.456 e. The molecule has 1 fully saturated rings. The van der Waals surface area contributed by atoms with E-state index in [1.165, 1.54) is 18.3 Å². The molecule has 2 aliphatic heterocycles. The summed E-state index contributed by atoms with van der Waals surface area (Å²) in [7, 11) is 2.08. The molecule has 30 heavy (non-hydrogen) atoms. The van der Waals surface area contributed by atoms with Crippen LogP contribution in [0, 0.1) is 11.2 Å². The van der Waals surface area contributed by atoms with Crippen LogP contribution in [-0.2, 0) is 6.42 Å². The second-order valence-electron chi connectivity index (χ2n) is 7.88. The van der Waals surface area contributed by atoms with Crippen molar-refractivity contribution >= 4 is 29.1 Å². The van der Waals surface area contributed by atoms with Gasteiger partial charge < -0.3 is 25.7 Å². The zero-order valence-electron chi connectivity index (χ0n) is 17.1. The molecule has 2 aromatic rings. The van der Waals surface area contributed by atoms with Crippen molar-refractivity contribution in [3.63, 3.8) is 0 Å². The summed E-state index contributed by atoms with van der Waals surface area (Å²) in [5.74, 6) is 0.682. The third kappa shape index (κ3) is 4.02. The molecule has 158 valence electrons. The van der Waals surface area contributed by atoms with Crippen molar-refractivity contribution in [1.29, 1.82) is 5.41 Å². The van der Waals surface area contributed by atoms with E-state index in [2.05, 4.69) is 35.6 Å². The standard InChI is InChI=1S/C23H26ClFN4O/c1-14-3-5-19-22(29(14)2)8-6-18(15(10-26)11-28-16-12-27-13-16)23(19)30-17-4-7-21(25)20(24)9-17/h4,6-11,14,16,26-28H,3,5,12-13H2,1-2H3/b15-11+,26-10?. The second kappa shape index (κ2) is 8.66. The van der Waals surface area contributed by atoms with Crippen molar-refractivity contribution in [2.75, 3.05) is 25.0 Å². The first kappa shape index (κ1) is 20.7. The Hall–Kier alpha value is -2.57. The molecule has 0 aliphatic carbocycles. The highest BCUT2D eigenvalue weighted by Gasteiger charge is 2.26. The number of ether oxygens (including phenoxy) is 1. The van der Waals surface area contributed by atoms with Crippen LogP contribution in [0.1, 0.15) is 24.5 Å². The lowest BCUT2D eigenvalue weighted by Gasteiger charge is -2.35. The number of halogens is 2. The van der Waals surface area contributed by atoms with Gasteiger partial charge in [0.1, 0.15) is 17.3 Å². The summed E-state index contributed by atoms with van der Waals surface area (Å²) in [5.41, 5.74) is 3.76. The van der Waals surface area contributed by atoms with E-state index in [0.717, 1.165) is 48.3 Å². The van der Waals surface area contributed by atoms with Gasteiger partial charge in [-0.2, -0.15) is 0 Å². The van der Waals surface area contributed by atoms with Crippen LogP contribution in [0.2, 0.25) is 5.02 Å². The first-order valence-electron chi connectivity index (χ1n) is 10.2. The van der Waals surface area contributed by atoms with Crippen LogP contribution in [0.5, 0.6) is 11.5 Å². The van der Waals surface area contributed by atoms with Gasteiger partial charge in [0.05, 0.1) is 11.1 Å². The number of benzene rings is 2. The van der Waals surface area contributed by atoms with Crippen molar-refractivity contribution in [2.45, 2.75) is 31.8 Å². The monoisotopic (exact) mass is 428 g/mol. The van der Waals surface area contributed by atoms with Crippen LogP contribution < -0.4 is 20.3 Å². The summed E-state index contributed by atoms with van der Waals surface area (Å²) in [6.45, 7) is 4.02. The molecule has 5 nitrogen and oxygen atoms in total. The van der Waals surface area contributed by atoms with Gasteiger partial charge in [0.15, 0.2) is 0 Å². The maximum absolute atomic E-state index is 13.6. The van der Waals surface area contributed by atoms with Gasteiger partial charge >= 0.3 is 0 Å². The minimum atomic E-state index is -0.480. The highest BCUT2D eigenvalue weighted by molar-refractivity contribution is 6.30. The molecule has 0 saturated carbocycles. The zero-order valence-corrected chi connectivity index (χ0v) is 17.9. The summed E-state index contributed by atoms with van der Waals surface area (Å²) in [5, 5.41) is 14.6. The number of rotatable bonds is 6. The molecule has 0 radical (unpaired) electrons. The molecular formula is C23H26ClFN4O. The topological polar surface area (TPSA) is 60.4 Å². The van der Waals surface area contributed by atoms with Gasteiger partial charge in [0.2, 0.25) is 0 Å². The number of nitrogens with one attached hydrogen (secondary N) is 3. The van der Waals surface area contributed by atoms with E-state index >= 15 is 0 Å². The van der Waals surface area contributed by atoms with Gasteiger partial charge in [-0.15, -0.1) is 0 Å². The first-order chi connectivity index (χ1) is 14.5. The number of anilines is 1. The highest BCUT2D eigenvalue weighted by Crippen LogP contribution is 2.42. The molecule has 4 rings (SSSR count). The summed E-state index contributed by atoms with van der Waals surface area (Å²) in [6.07, 6.45) is 5.08. The van der Waals surface area contributed by atoms with E-state index < -0.39 is 5.82 Å². The lowest BCUT2D eigenvalue weighted by molar-refractivity contribution is 0.402. The summed E-state index contributed by atoms with van der Waals surface area (Å²) in [4.78, 5) is 2.25. The Morgan fingerprint density at radius 2 is 2.13 bits per heavy atom. The van der Waals surface area contributed by atoms with E-state index in [0.29, 0.717) is 23.6 Å². The fourth-order valence-electron chi connectivity index (χ4n) is 3.79. The predicted octanol–water partition coefficient (Wildman–Crippen LogP) is 4.59. The van der Waals surface area contributed by atoms with E-state index in [1.54, 1.807) is 6.07 Å². The molecule has 0 aromatic heterocycles. The molecule has 7 heteroatoms. The van der Waals surface area contributed by atoms with Gasteiger partial charge in [0, 0.05) is 67.0 Å². The van der Waals surface area contributed by atoms with Gasteiger partial charge in [-0.3, -0.25) is 0 Å². The maximum Gasteiger partial charge on any atom is 0.142 e. The predicted molar refractivity (Wildman–Crippen MR) is 121 cm³/mol. The minimum Gasteiger partial charge on any atom is -0.456 e. The van der Waals surface area contributed by atoms with Crippen LogP contribution in [0.3, 0.4) is 0 Å². The van der Waals surface area contributed by atoms with Gasteiger partial charge in [-0.1, -0.05) is 11.6 Å². The maximum atomic E-state index is 13.6. The number of nitrogens with zero attached hydrogens (tertiary/aromatic N) is 1. The smallest absolute Gasteiger partial charge is 0.142 e. The zero-order chi connectivity index (χ0) is 21.3. The molecule has 1 atom stereocenters. The van der Waals surface area contributed by atoms with Crippen molar-refractivity contribution in [1.82, 2.24) is 10.6 Å². The van der Waals surface area contributed by atoms with Crippen LogP contribution in [-0.4, -0.2) is 38.4 Å². The molecule has 1 saturated heterocycles.